The first-order valence-electron chi connectivity index (χ1n) is 5.72. The highest BCUT2D eigenvalue weighted by Crippen LogP contribution is 2.17. The first-order chi connectivity index (χ1) is 9.24. The molecular weight excluding hydrogens is 243 g/mol. The second-order valence-electron chi connectivity index (χ2n) is 3.86. The van der Waals surface area contributed by atoms with E-state index in [4.69, 9.17) is 5.26 Å². The van der Waals surface area contributed by atoms with E-state index in [-0.39, 0.29) is 12.1 Å². The van der Waals surface area contributed by atoms with Gasteiger partial charge in [-0.05, 0) is 24.3 Å². The van der Waals surface area contributed by atoms with Crippen LogP contribution in [-0.4, -0.2) is 12.5 Å². The van der Waals surface area contributed by atoms with Crippen molar-refractivity contribution < 1.29 is 9.18 Å². The zero-order chi connectivity index (χ0) is 13.7. The van der Waals surface area contributed by atoms with E-state index in [2.05, 4.69) is 0 Å². The van der Waals surface area contributed by atoms with Crippen LogP contribution in [0.2, 0.25) is 0 Å². The number of nitriles is 1. The topological polar surface area (TPSA) is 44.1 Å². The normalized spacial score (nSPS) is 9.68. The molecule has 0 fully saturated rings. The van der Waals surface area contributed by atoms with Crippen molar-refractivity contribution in [3.8, 4) is 6.07 Å². The molecule has 2 aromatic rings. The van der Waals surface area contributed by atoms with Gasteiger partial charge in [0, 0.05) is 5.69 Å². The first kappa shape index (κ1) is 12.8. The van der Waals surface area contributed by atoms with Crippen LogP contribution >= 0.6 is 0 Å². The molecule has 0 bridgehead atoms. The van der Waals surface area contributed by atoms with Crippen LogP contribution in [-0.2, 0) is 0 Å². The van der Waals surface area contributed by atoms with E-state index in [1.54, 1.807) is 30.3 Å². The quantitative estimate of drug-likeness (QED) is 0.790. The molecule has 19 heavy (non-hydrogen) atoms. The van der Waals surface area contributed by atoms with Gasteiger partial charge in [0.25, 0.3) is 5.91 Å². The van der Waals surface area contributed by atoms with Gasteiger partial charge in [0.05, 0.1) is 11.6 Å². The van der Waals surface area contributed by atoms with Crippen LogP contribution in [0.4, 0.5) is 10.1 Å². The maximum Gasteiger partial charge on any atom is 0.262 e. The van der Waals surface area contributed by atoms with Gasteiger partial charge >= 0.3 is 0 Å². The summed E-state index contributed by atoms with van der Waals surface area (Å²) in [7, 11) is 0. The van der Waals surface area contributed by atoms with E-state index >= 15 is 0 Å². The maximum atomic E-state index is 13.6. The Hall–Kier alpha value is -2.67. The summed E-state index contributed by atoms with van der Waals surface area (Å²) in [5, 5.41) is 8.83. The standard InChI is InChI=1S/C15H11FN2O/c16-14-9-5-4-8-13(14)15(19)18(11-10-17)12-6-2-1-3-7-12/h1-9H,11H2. The van der Waals surface area contributed by atoms with Crippen molar-refractivity contribution >= 4 is 11.6 Å². The third-order valence-corrected chi connectivity index (χ3v) is 2.65. The van der Waals surface area contributed by atoms with E-state index in [1.165, 1.54) is 23.1 Å². The average Bonchev–Trinajstić information content (AvgIpc) is 2.45. The van der Waals surface area contributed by atoms with Gasteiger partial charge < -0.3 is 0 Å². The van der Waals surface area contributed by atoms with Gasteiger partial charge in [0.1, 0.15) is 12.4 Å². The lowest BCUT2D eigenvalue weighted by Crippen LogP contribution is -2.31. The summed E-state index contributed by atoms with van der Waals surface area (Å²) in [6, 6.07) is 16.4. The summed E-state index contributed by atoms with van der Waals surface area (Å²) in [6.45, 7) is -0.128. The highest BCUT2D eigenvalue weighted by atomic mass is 19.1. The molecule has 0 atom stereocenters. The highest BCUT2D eigenvalue weighted by molar-refractivity contribution is 6.06. The van der Waals surface area contributed by atoms with E-state index in [0.29, 0.717) is 5.69 Å². The molecule has 0 unspecified atom stereocenters. The van der Waals surface area contributed by atoms with Crippen LogP contribution < -0.4 is 4.90 Å². The number of para-hydroxylation sites is 1. The van der Waals surface area contributed by atoms with E-state index < -0.39 is 11.7 Å². The second-order valence-corrected chi connectivity index (χ2v) is 3.86. The molecule has 94 valence electrons. The molecule has 1 amide bonds. The summed E-state index contributed by atoms with van der Waals surface area (Å²) in [5.74, 6) is -1.11. The molecule has 0 saturated carbocycles. The predicted molar refractivity (Wildman–Crippen MR) is 70.1 cm³/mol. The molecule has 0 aromatic heterocycles. The summed E-state index contributed by atoms with van der Waals surface area (Å²) < 4.78 is 13.6. The van der Waals surface area contributed by atoms with Crippen molar-refractivity contribution in [2.45, 2.75) is 0 Å². The van der Waals surface area contributed by atoms with Crippen LogP contribution in [0.25, 0.3) is 0 Å². The fraction of sp³-hybridized carbons (Fsp3) is 0.0667. The Bertz CT molecular complexity index is 620. The monoisotopic (exact) mass is 254 g/mol. The number of halogens is 1. The zero-order valence-electron chi connectivity index (χ0n) is 10.1. The van der Waals surface area contributed by atoms with Gasteiger partial charge in [0.15, 0.2) is 0 Å². The first-order valence-corrected chi connectivity index (χ1v) is 5.72. The molecule has 0 radical (unpaired) electrons. The van der Waals surface area contributed by atoms with Crippen molar-refractivity contribution in [3.05, 3.63) is 66.0 Å². The van der Waals surface area contributed by atoms with E-state index in [1.807, 2.05) is 12.1 Å². The minimum Gasteiger partial charge on any atom is -0.294 e. The minimum atomic E-state index is -0.591. The maximum absolute atomic E-state index is 13.6. The number of anilines is 1. The predicted octanol–water partition coefficient (Wildman–Crippen LogP) is 3.00. The fourth-order valence-electron chi connectivity index (χ4n) is 1.74. The van der Waals surface area contributed by atoms with Crippen LogP contribution in [0.3, 0.4) is 0 Å². The van der Waals surface area contributed by atoms with E-state index in [9.17, 15) is 9.18 Å². The van der Waals surface area contributed by atoms with Crippen LogP contribution in [0, 0.1) is 17.1 Å². The molecule has 0 aliphatic heterocycles. The van der Waals surface area contributed by atoms with Crippen LogP contribution in [0.15, 0.2) is 54.6 Å². The Morgan fingerprint density at radius 1 is 1.11 bits per heavy atom. The lowest BCUT2D eigenvalue weighted by molar-refractivity contribution is 0.0986. The third kappa shape index (κ3) is 2.78. The lowest BCUT2D eigenvalue weighted by Gasteiger charge is -2.19. The second kappa shape index (κ2) is 5.78. The molecule has 0 aliphatic rings. The van der Waals surface area contributed by atoms with Gasteiger partial charge in [-0.15, -0.1) is 0 Å². The number of benzene rings is 2. The number of amides is 1. The molecule has 0 heterocycles. The van der Waals surface area contributed by atoms with Gasteiger partial charge in [-0.25, -0.2) is 4.39 Å². The number of hydrogen-bond acceptors (Lipinski definition) is 2. The summed E-state index contributed by atoms with van der Waals surface area (Å²) >= 11 is 0. The molecule has 0 aliphatic carbocycles. The Kier molecular flexibility index (Phi) is 3.89. The van der Waals surface area contributed by atoms with Crippen molar-refractivity contribution in [1.29, 1.82) is 5.26 Å². The molecule has 4 heteroatoms. The summed E-state index contributed by atoms with van der Waals surface area (Å²) in [4.78, 5) is 13.5. The SMILES string of the molecule is N#CCN(C(=O)c1ccccc1F)c1ccccc1. The summed E-state index contributed by atoms with van der Waals surface area (Å²) in [6.07, 6.45) is 0. The molecule has 0 saturated heterocycles. The number of hydrogen-bond donors (Lipinski definition) is 0. The van der Waals surface area contributed by atoms with Crippen molar-refractivity contribution in [3.63, 3.8) is 0 Å². The molecule has 0 spiro atoms. The lowest BCUT2D eigenvalue weighted by atomic mass is 10.1. The zero-order valence-corrected chi connectivity index (χ0v) is 10.1. The molecule has 0 N–H and O–H groups in total. The summed E-state index contributed by atoms with van der Waals surface area (Å²) in [5.41, 5.74) is 0.527. The van der Waals surface area contributed by atoms with Crippen molar-refractivity contribution in [1.82, 2.24) is 0 Å². The van der Waals surface area contributed by atoms with Crippen molar-refractivity contribution in [2.75, 3.05) is 11.4 Å². The van der Waals surface area contributed by atoms with Gasteiger partial charge in [-0.3, -0.25) is 9.69 Å². The van der Waals surface area contributed by atoms with Gasteiger partial charge in [-0.1, -0.05) is 30.3 Å². The third-order valence-electron chi connectivity index (χ3n) is 2.65. The molecule has 3 nitrogen and oxygen atoms in total. The van der Waals surface area contributed by atoms with Crippen LogP contribution in [0.1, 0.15) is 10.4 Å². The molecule has 2 rings (SSSR count). The van der Waals surface area contributed by atoms with Gasteiger partial charge in [-0.2, -0.15) is 5.26 Å². The van der Waals surface area contributed by atoms with Crippen molar-refractivity contribution in [2.24, 2.45) is 0 Å². The minimum absolute atomic E-state index is 0.0402. The fourth-order valence-corrected chi connectivity index (χ4v) is 1.74. The Labute approximate surface area is 110 Å². The smallest absolute Gasteiger partial charge is 0.262 e. The Morgan fingerprint density at radius 2 is 1.74 bits per heavy atom. The molecular formula is C15H11FN2O. The average molecular weight is 254 g/mol. The Balaban J connectivity index is 2.39. The van der Waals surface area contributed by atoms with E-state index in [0.717, 1.165) is 0 Å². The highest BCUT2D eigenvalue weighted by Gasteiger charge is 2.19. The number of nitrogens with zero attached hydrogens (tertiary/aromatic N) is 2. The Morgan fingerprint density at radius 3 is 2.37 bits per heavy atom. The largest absolute Gasteiger partial charge is 0.294 e. The number of carbonyl (C=O) groups is 1. The van der Waals surface area contributed by atoms with Crippen LogP contribution in [0.5, 0.6) is 0 Å². The molecule has 2 aromatic carbocycles. The number of rotatable bonds is 3. The number of carbonyl (C=O) groups excluding carboxylic acids is 1. The van der Waals surface area contributed by atoms with Gasteiger partial charge in [0.2, 0.25) is 0 Å².